The summed E-state index contributed by atoms with van der Waals surface area (Å²) in [5, 5.41) is 4.79. The van der Waals surface area contributed by atoms with Gasteiger partial charge in [0.2, 0.25) is 6.79 Å². The van der Waals surface area contributed by atoms with Gasteiger partial charge in [-0.05, 0) is 24.3 Å². The number of ether oxygens (including phenoxy) is 2. The monoisotopic (exact) mass is 327 g/mol. The second-order valence-corrected chi connectivity index (χ2v) is 4.89. The number of anilines is 2. The minimum atomic E-state index is -0.929. The van der Waals surface area contributed by atoms with Crippen LogP contribution in [0.3, 0.4) is 0 Å². The summed E-state index contributed by atoms with van der Waals surface area (Å²) in [7, 11) is 0. The second-order valence-electron chi connectivity index (χ2n) is 4.89. The normalized spacial score (nSPS) is 11.7. The number of hydrogen-bond donors (Lipinski definition) is 3. The lowest BCUT2D eigenvalue weighted by molar-refractivity contribution is -0.133. The van der Waals surface area contributed by atoms with Crippen molar-refractivity contribution in [2.45, 2.75) is 0 Å². The van der Waals surface area contributed by atoms with Crippen LogP contribution in [0.1, 0.15) is 10.4 Å². The van der Waals surface area contributed by atoms with Crippen LogP contribution in [0.5, 0.6) is 11.5 Å². The van der Waals surface area contributed by atoms with Crippen molar-refractivity contribution in [1.29, 1.82) is 0 Å². The van der Waals surface area contributed by atoms with E-state index in [2.05, 4.69) is 10.6 Å². The summed E-state index contributed by atoms with van der Waals surface area (Å²) in [6.07, 6.45) is 0. The van der Waals surface area contributed by atoms with Crippen LogP contribution in [-0.4, -0.2) is 24.5 Å². The first-order valence-electron chi connectivity index (χ1n) is 6.95. The van der Waals surface area contributed by atoms with E-state index in [1.165, 1.54) is 12.1 Å². The highest BCUT2D eigenvalue weighted by atomic mass is 16.7. The maximum atomic E-state index is 12.0. The van der Waals surface area contributed by atoms with Crippen molar-refractivity contribution in [1.82, 2.24) is 0 Å². The minimum Gasteiger partial charge on any atom is -0.454 e. The largest absolute Gasteiger partial charge is 0.454 e. The number of benzene rings is 2. The molecule has 0 aliphatic carbocycles. The Bertz CT molecular complexity index is 834. The summed E-state index contributed by atoms with van der Waals surface area (Å²) in [6, 6.07) is 10.9. The van der Waals surface area contributed by atoms with E-state index in [1.54, 1.807) is 30.3 Å². The first kappa shape index (κ1) is 15.3. The molecule has 1 aliphatic rings. The molecule has 1 aliphatic heterocycles. The molecule has 0 unspecified atom stereocenters. The fraction of sp³-hybridized carbons (Fsp3) is 0.0625. The molecule has 3 amide bonds. The minimum absolute atomic E-state index is 0.108. The van der Waals surface area contributed by atoms with E-state index in [-0.39, 0.29) is 18.0 Å². The molecule has 122 valence electrons. The van der Waals surface area contributed by atoms with Gasteiger partial charge in [0.15, 0.2) is 11.5 Å². The highest BCUT2D eigenvalue weighted by Crippen LogP contribution is 2.34. The topological polar surface area (TPSA) is 120 Å². The molecule has 0 aromatic heterocycles. The lowest BCUT2D eigenvalue weighted by Crippen LogP contribution is -2.30. The first-order valence-corrected chi connectivity index (χ1v) is 6.95. The summed E-state index contributed by atoms with van der Waals surface area (Å²) in [6.45, 7) is 0.108. The van der Waals surface area contributed by atoms with Gasteiger partial charge in [0.1, 0.15) is 0 Å². The van der Waals surface area contributed by atoms with Gasteiger partial charge in [-0.1, -0.05) is 12.1 Å². The molecule has 3 rings (SSSR count). The van der Waals surface area contributed by atoms with Gasteiger partial charge in [-0.3, -0.25) is 14.4 Å². The standard InChI is InChI=1S/C16H13N3O5/c17-14(20)10-3-1-2-4-11(10)19-16(22)15(21)18-9-5-6-12-13(7-9)24-8-23-12/h1-7H,8H2,(H2,17,20)(H,18,21)(H,19,22). The third-order valence-corrected chi connectivity index (χ3v) is 3.28. The number of rotatable bonds is 3. The van der Waals surface area contributed by atoms with Crippen molar-refractivity contribution in [2.75, 3.05) is 17.4 Å². The molecule has 2 aromatic carbocycles. The molecular weight excluding hydrogens is 314 g/mol. The highest BCUT2D eigenvalue weighted by molar-refractivity contribution is 6.44. The predicted molar refractivity (Wildman–Crippen MR) is 84.8 cm³/mol. The number of carbonyl (C=O) groups is 3. The van der Waals surface area contributed by atoms with Crippen LogP contribution in [0.15, 0.2) is 42.5 Å². The van der Waals surface area contributed by atoms with Gasteiger partial charge in [-0.15, -0.1) is 0 Å². The summed E-state index contributed by atoms with van der Waals surface area (Å²) in [4.78, 5) is 35.3. The van der Waals surface area contributed by atoms with E-state index >= 15 is 0 Å². The van der Waals surface area contributed by atoms with Crippen LogP contribution in [-0.2, 0) is 9.59 Å². The van der Waals surface area contributed by atoms with Crippen molar-refractivity contribution < 1.29 is 23.9 Å². The third kappa shape index (κ3) is 3.12. The SMILES string of the molecule is NC(=O)c1ccccc1NC(=O)C(=O)Nc1ccc2c(c1)OCO2. The van der Waals surface area contributed by atoms with E-state index in [0.717, 1.165) is 0 Å². The summed E-state index contributed by atoms with van der Waals surface area (Å²) >= 11 is 0. The quantitative estimate of drug-likeness (QED) is 0.729. The molecule has 0 radical (unpaired) electrons. The van der Waals surface area contributed by atoms with Crippen LogP contribution in [0, 0.1) is 0 Å². The molecule has 0 saturated heterocycles. The average Bonchev–Trinajstić information content (AvgIpc) is 3.02. The van der Waals surface area contributed by atoms with E-state index in [1.807, 2.05) is 0 Å². The highest BCUT2D eigenvalue weighted by Gasteiger charge is 2.19. The Morgan fingerprint density at radius 1 is 0.917 bits per heavy atom. The Balaban J connectivity index is 1.69. The van der Waals surface area contributed by atoms with Gasteiger partial charge in [-0.25, -0.2) is 0 Å². The van der Waals surface area contributed by atoms with Gasteiger partial charge in [0.25, 0.3) is 5.91 Å². The molecule has 24 heavy (non-hydrogen) atoms. The maximum absolute atomic E-state index is 12.0. The molecule has 0 bridgehead atoms. The molecule has 0 atom stereocenters. The van der Waals surface area contributed by atoms with Crippen LogP contribution in [0.4, 0.5) is 11.4 Å². The van der Waals surface area contributed by atoms with Crippen molar-refractivity contribution >= 4 is 29.1 Å². The molecule has 8 nitrogen and oxygen atoms in total. The Labute approximate surface area is 136 Å². The van der Waals surface area contributed by atoms with E-state index in [4.69, 9.17) is 15.2 Å². The lowest BCUT2D eigenvalue weighted by Gasteiger charge is -2.09. The van der Waals surface area contributed by atoms with Crippen LogP contribution >= 0.6 is 0 Å². The number of amides is 3. The zero-order valence-corrected chi connectivity index (χ0v) is 12.4. The Kier molecular flexibility index (Phi) is 4.02. The smallest absolute Gasteiger partial charge is 0.314 e. The molecule has 4 N–H and O–H groups in total. The maximum Gasteiger partial charge on any atom is 0.314 e. The summed E-state index contributed by atoms with van der Waals surface area (Å²) in [5.41, 5.74) is 5.88. The molecular formula is C16H13N3O5. The number of carbonyl (C=O) groups excluding carboxylic acids is 3. The molecule has 8 heteroatoms. The van der Waals surface area contributed by atoms with Crippen molar-refractivity contribution in [2.24, 2.45) is 5.73 Å². The van der Waals surface area contributed by atoms with Crippen molar-refractivity contribution in [3.63, 3.8) is 0 Å². The van der Waals surface area contributed by atoms with Crippen molar-refractivity contribution in [3.8, 4) is 11.5 Å². The number of para-hydroxylation sites is 1. The van der Waals surface area contributed by atoms with Gasteiger partial charge in [0, 0.05) is 11.8 Å². The molecule has 0 fully saturated rings. The van der Waals surface area contributed by atoms with Crippen molar-refractivity contribution in [3.05, 3.63) is 48.0 Å². The zero-order valence-electron chi connectivity index (χ0n) is 12.4. The fourth-order valence-electron chi connectivity index (χ4n) is 2.15. The van der Waals surface area contributed by atoms with E-state index < -0.39 is 17.7 Å². The number of nitrogens with two attached hydrogens (primary N) is 1. The van der Waals surface area contributed by atoms with Gasteiger partial charge in [-0.2, -0.15) is 0 Å². The van der Waals surface area contributed by atoms with Crippen LogP contribution in [0.25, 0.3) is 0 Å². The summed E-state index contributed by atoms with van der Waals surface area (Å²) in [5.74, 6) is -1.49. The van der Waals surface area contributed by atoms with Gasteiger partial charge >= 0.3 is 11.8 Å². The molecule has 0 saturated carbocycles. The second kappa shape index (κ2) is 6.29. The van der Waals surface area contributed by atoms with Crippen LogP contribution in [0.2, 0.25) is 0 Å². The molecule has 2 aromatic rings. The number of nitrogens with one attached hydrogen (secondary N) is 2. The Morgan fingerprint density at radius 3 is 2.42 bits per heavy atom. The number of primary amides is 1. The number of hydrogen-bond acceptors (Lipinski definition) is 5. The van der Waals surface area contributed by atoms with E-state index in [0.29, 0.717) is 17.2 Å². The first-order chi connectivity index (χ1) is 11.5. The average molecular weight is 327 g/mol. The number of fused-ring (bicyclic) bond motifs is 1. The third-order valence-electron chi connectivity index (χ3n) is 3.28. The van der Waals surface area contributed by atoms with Gasteiger partial charge in [0.05, 0.1) is 11.3 Å². The Morgan fingerprint density at radius 2 is 1.62 bits per heavy atom. The van der Waals surface area contributed by atoms with Crippen LogP contribution < -0.4 is 25.8 Å². The zero-order chi connectivity index (χ0) is 17.1. The molecule has 0 spiro atoms. The summed E-state index contributed by atoms with van der Waals surface area (Å²) < 4.78 is 10.4. The molecule has 1 heterocycles. The fourth-order valence-corrected chi connectivity index (χ4v) is 2.15. The lowest BCUT2D eigenvalue weighted by atomic mass is 10.1. The van der Waals surface area contributed by atoms with Gasteiger partial charge < -0.3 is 25.8 Å². The Hall–Kier alpha value is -3.55. The predicted octanol–water partition coefficient (Wildman–Crippen LogP) is 1.09. The van der Waals surface area contributed by atoms with E-state index in [9.17, 15) is 14.4 Å².